The van der Waals surface area contributed by atoms with Crippen LogP contribution in [0.1, 0.15) is 17.2 Å². The number of halogens is 4. The van der Waals surface area contributed by atoms with Crippen molar-refractivity contribution < 1.29 is 32.2 Å². The molecule has 28 heavy (non-hydrogen) atoms. The first kappa shape index (κ1) is 21.6. The number of aliphatic hydroxyl groups excluding tert-OH is 1. The number of urea groups is 1. The minimum atomic E-state index is -4.22. The van der Waals surface area contributed by atoms with E-state index in [1.165, 1.54) is 6.07 Å². The second-order valence-electron chi connectivity index (χ2n) is 6.00. The van der Waals surface area contributed by atoms with Gasteiger partial charge >= 0.3 is 18.4 Å². The first-order chi connectivity index (χ1) is 13.3. The quantitative estimate of drug-likeness (QED) is 0.558. The Morgan fingerprint density at radius 1 is 1.11 bits per heavy atom. The molecule has 0 bridgehead atoms. The van der Waals surface area contributed by atoms with Gasteiger partial charge in [-0.2, -0.15) is 8.78 Å². The molecule has 5 nitrogen and oxygen atoms in total. The molecule has 0 radical (unpaired) electrons. The van der Waals surface area contributed by atoms with E-state index < -0.39 is 31.0 Å². The number of benzene rings is 2. The average molecular weight is 400 g/mol. The molecule has 0 aliphatic heterocycles. The number of carbonyl (C=O) groups excluding carboxylic acids is 1. The summed E-state index contributed by atoms with van der Waals surface area (Å²) in [5.41, 5.74) is 1.50. The molecule has 0 heterocycles. The Balaban J connectivity index is 1.90. The molecule has 1 unspecified atom stereocenters. The van der Waals surface area contributed by atoms with Crippen LogP contribution < -0.4 is 10.6 Å². The Kier molecular flexibility index (Phi) is 7.77. The Labute approximate surface area is 159 Å². The summed E-state index contributed by atoms with van der Waals surface area (Å²) in [7, 11) is 0. The van der Waals surface area contributed by atoms with Crippen LogP contribution in [0.15, 0.2) is 54.6 Å². The van der Waals surface area contributed by atoms with E-state index in [-0.39, 0.29) is 13.2 Å². The normalized spacial score (nSPS) is 12.6. The van der Waals surface area contributed by atoms with Crippen molar-refractivity contribution in [3.63, 3.8) is 0 Å². The number of carbonyl (C=O) groups is 1. The third-order valence-electron chi connectivity index (χ3n) is 3.76. The van der Waals surface area contributed by atoms with E-state index in [4.69, 9.17) is 0 Å². The number of alkyl halides is 4. The topological polar surface area (TPSA) is 70.6 Å². The summed E-state index contributed by atoms with van der Waals surface area (Å²) < 4.78 is 54.5. The molecule has 0 fully saturated rings. The van der Waals surface area contributed by atoms with Crippen molar-refractivity contribution in [2.45, 2.75) is 25.0 Å². The van der Waals surface area contributed by atoms with Crippen molar-refractivity contribution in [2.75, 3.05) is 18.5 Å². The number of amides is 2. The molecule has 0 aliphatic carbocycles. The van der Waals surface area contributed by atoms with Crippen molar-refractivity contribution in [3.05, 3.63) is 65.7 Å². The molecule has 1 atom stereocenters. The molecular weight excluding hydrogens is 380 g/mol. The molecule has 2 rings (SSSR count). The van der Waals surface area contributed by atoms with E-state index >= 15 is 0 Å². The van der Waals surface area contributed by atoms with Crippen LogP contribution in [-0.4, -0.2) is 36.7 Å². The predicted molar refractivity (Wildman–Crippen MR) is 95.5 cm³/mol. The number of hydrogen-bond acceptors (Lipinski definition) is 3. The Morgan fingerprint density at radius 2 is 1.82 bits per heavy atom. The highest BCUT2D eigenvalue weighted by Crippen LogP contribution is 2.23. The zero-order chi connectivity index (χ0) is 20.6. The van der Waals surface area contributed by atoms with Gasteiger partial charge in [0.1, 0.15) is 6.61 Å². The maximum atomic E-state index is 12.8. The summed E-state index contributed by atoms with van der Waals surface area (Å²) in [6.45, 7) is -2.02. The molecule has 9 heteroatoms. The van der Waals surface area contributed by atoms with Gasteiger partial charge in [-0.25, -0.2) is 13.6 Å². The van der Waals surface area contributed by atoms with Crippen molar-refractivity contribution in [1.82, 2.24) is 5.32 Å². The highest BCUT2D eigenvalue weighted by Gasteiger charge is 2.40. The van der Waals surface area contributed by atoms with Gasteiger partial charge in [0.05, 0.1) is 19.3 Å². The SMILES string of the molecule is O=C(Nc1cccc(COCC(F)(F)C(F)F)c1)NC(CO)c1ccccc1. The summed E-state index contributed by atoms with van der Waals surface area (Å²) >= 11 is 0. The number of aliphatic hydroxyl groups is 1. The maximum Gasteiger partial charge on any atom is 0.330 e. The Hall–Kier alpha value is -2.65. The van der Waals surface area contributed by atoms with Gasteiger partial charge in [-0.1, -0.05) is 42.5 Å². The van der Waals surface area contributed by atoms with Gasteiger partial charge in [0.25, 0.3) is 0 Å². The van der Waals surface area contributed by atoms with Gasteiger partial charge in [0, 0.05) is 5.69 Å². The predicted octanol–water partition coefficient (Wildman–Crippen LogP) is 3.96. The Bertz CT molecular complexity index is 760. The van der Waals surface area contributed by atoms with Crippen molar-refractivity contribution in [2.24, 2.45) is 0 Å². The van der Waals surface area contributed by atoms with Crippen LogP contribution in [0.4, 0.5) is 28.0 Å². The van der Waals surface area contributed by atoms with Crippen molar-refractivity contribution >= 4 is 11.7 Å². The van der Waals surface area contributed by atoms with E-state index in [2.05, 4.69) is 15.4 Å². The first-order valence-corrected chi connectivity index (χ1v) is 8.38. The number of anilines is 1. The number of rotatable bonds is 9. The molecule has 0 saturated carbocycles. The highest BCUT2D eigenvalue weighted by molar-refractivity contribution is 5.89. The van der Waals surface area contributed by atoms with E-state index in [1.54, 1.807) is 42.5 Å². The summed E-state index contributed by atoms with van der Waals surface area (Å²) in [6, 6.07) is 13.8. The Morgan fingerprint density at radius 3 is 2.46 bits per heavy atom. The highest BCUT2D eigenvalue weighted by atomic mass is 19.3. The lowest BCUT2D eigenvalue weighted by atomic mass is 10.1. The number of nitrogens with one attached hydrogen (secondary N) is 2. The van der Waals surface area contributed by atoms with Crippen LogP contribution in [0.3, 0.4) is 0 Å². The summed E-state index contributed by atoms with van der Waals surface area (Å²) in [4.78, 5) is 12.1. The molecule has 0 saturated heterocycles. The van der Waals surface area contributed by atoms with Crippen LogP contribution in [0.25, 0.3) is 0 Å². The third kappa shape index (κ3) is 6.50. The van der Waals surface area contributed by atoms with Crippen molar-refractivity contribution in [3.8, 4) is 0 Å². The molecule has 2 aromatic rings. The van der Waals surface area contributed by atoms with Crippen molar-refractivity contribution in [1.29, 1.82) is 0 Å². The summed E-state index contributed by atoms with van der Waals surface area (Å²) in [5.74, 6) is -4.22. The maximum absolute atomic E-state index is 12.8. The zero-order valence-corrected chi connectivity index (χ0v) is 14.7. The fourth-order valence-corrected chi connectivity index (χ4v) is 2.35. The summed E-state index contributed by atoms with van der Waals surface area (Å²) in [5, 5.41) is 14.6. The van der Waals surface area contributed by atoms with Gasteiger partial charge < -0.3 is 20.5 Å². The average Bonchev–Trinajstić information content (AvgIpc) is 2.67. The molecule has 0 spiro atoms. The largest absolute Gasteiger partial charge is 0.394 e. The van der Waals surface area contributed by atoms with E-state index in [9.17, 15) is 27.5 Å². The molecular formula is C19H20F4N2O3. The number of hydrogen-bond donors (Lipinski definition) is 3. The molecule has 3 N–H and O–H groups in total. The van der Waals surface area contributed by atoms with Crippen LogP contribution in [0.5, 0.6) is 0 Å². The lowest BCUT2D eigenvalue weighted by Crippen LogP contribution is -2.34. The second kappa shape index (κ2) is 10.0. The van der Waals surface area contributed by atoms with E-state index in [0.29, 0.717) is 11.3 Å². The minimum Gasteiger partial charge on any atom is -0.394 e. The van der Waals surface area contributed by atoms with E-state index in [0.717, 1.165) is 5.56 Å². The van der Waals surface area contributed by atoms with Gasteiger partial charge in [0.2, 0.25) is 0 Å². The monoisotopic (exact) mass is 400 g/mol. The first-order valence-electron chi connectivity index (χ1n) is 8.38. The molecule has 0 aliphatic rings. The molecule has 152 valence electrons. The van der Waals surface area contributed by atoms with Crippen LogP contribution in [-0.2, 0) is 11.3 Å². The lowest BCUT2D eigenvalue weighted by Gasteiger charge is -2.17. The molecule has 2 aromatic carbocycles. The van der Waals surface area contributed by atoms with Gasteiger partial charge in [0.15, 0.2) is 0 Å². The zero-order valence-electron chi connectivity index (χ0n) is 14.7. The second-order valence-corrected chi connectivity index (χ2v) is 6.00. The van der Waals surface area contributed by atoms with Gasteiger partial charge in [-0.3, -0.25) is 0 Å². The third-order valence-corrected chi connectivity index (χ3v) is 3.76. The number of ether oxygens (including phenoxy) is 1. The van der Waals surface area contributed by atoms with Gasteiger partial charge in [-0.15, -0.1) is 0 Å². The van der Waals surface area contributed by atoms with Crippen LogP contribution >= 0.6 is 0 Å². The fraction of sp³-hybridized carbons (Fsp3) is 0.316. The van der Waals surface area contributed by atoms with Crippen LogP contribution in [0.2, 0.25) is 0 Å². The van der Waals surface area contributed by atoms with Crippen LogP contribution in [0, 0.1) is 0 Å². The fourth-order valence-electron chi connectivity index (χ4n) is 2.35. The molecule has 0 aromatic heterocycles. The minimum absolute atomic E-state index is 0.302. The smallest absolute Gasteiger partial charge is 0.330 e. The molecule has 2 amide bonds. The van der Waals surface area contributed by atoms with E-state index in [1.807, 2.05) is 6.07 Å². The lowest BCUT2D eigenvalue weighted by molar-refractivity contribution is -0.168. The van der Waals surface area contributed by atoms with Gasteiger partial charge in [-0.05, 0) is 23.3 Å². The summed E-state index contributed by atoms with van der Waals surface area (Å²) in [6.07, 6.45) is -3.80. The standard InChI is InChI=1S/C19H20F4N2O3/c20-17(21)19(22,23)12-28-11-13-5-4-8-15(9-13)24-18(27)25-16(10-26)14-6-2-1-3-7-14/h1-9,16-17,26H,10-12H2,(H2,24,25,27).